The molecule has 5 heteroatoms. The van der Waals surface area contributed by atoms with Gasteiger partial charge in [0, 0.05) is 24.4 Å². The highest BCUT2D eigenvalue weighted by Crippen LogP contribution is 2.26. The average molecular weight is 280 g/mol. The monoisotopic (exact) mass is 280 g/mol. The minimum absolute atomic E-state index is 0.0443. The van der Waals surface area contributed by atoms with Crippen LogP contribution < -0.4 is 10.6 Å². The van der Waals surface area contributed by atoms with Crippen LogP contribution >= 0.6 is 0 Å². The summed E-state index contributed by atoms with van der Waals surface area (Å²) in [7, 11) is 0. The molecule has 1 aromatic carbocycles. The molecule has 0 bridgehead atoms. The van der Waals surface area contributed by atoms with Gasteiger partial charge < -0.3 is 10.6 Å². The SMILES string of the molecule is N#Cc1cc(N2CCC(C(N)=O)CC2)nc2ccccc12. The number of primary amides is 1. The Morgan fingerprint density at radius 3 is 2.71 bits per heavy atom. The van der Waals surface area contributed by atoms with Crippen LogP contribution in [0.15, 0.2) is 30.3 Å². The van der Waals surface area contributed by atoms with Crippen LogP contribution in [0.2, 0.25) is 0 Å². The fraction of sp³-hybridized carbons (Fsp3) is 0.312. The van der Waals surface area contributed by atoms with Crippen molar-refractivity contribution >= 4 is 22.6 Å². The third kappa shape index (κ3) is 2.52. The lowest BCUT2D eigenvalue weighted by molar-refractivity contribution is -0.122. The van der Waals surface area contributed by atoms with Gasteiger partial charge in [-0.15, -0.1) is 0 Å². The zero-order valence-electron chi connectivity index (χ0n) is 11.6. The summed E-state index contributed by atoms with van der Waals surface area (Å²) < 4.78 is 0. The van der Waals surface area contributed by atoms with E-state index in [2.05, 4.69) is 16.0 Å². The molecule has 0 saturated carbocycles. The molecular formula is C16H16N4O. The lowest BCUT2D eigenvalue weighted by Crippen LogP contribution is -2.38. The molecule has 1 aromatic heterocycles. The van der Waals surface area contributed by atoms with E-state index in [1.54, 1.807) is 0 Å². The summed E-state index contributed by atoms with van der Waals surface area (Å²) >= 11 is 0. The number of aromatic nitrogens is 1. The summed E-state index contributed by atoms with van der Waals surface area (Å²) in [6, 6.07) is 11.7. The number of carbonyl (C=O) groups is 1. The van der Waals surface area contributed by atoms with Crippen LogP contribution in [0.25, 0.3) is 10.9 Å². The van der Waals surface area contributed by atoms with E-state index in [0.29, 0.717) is 5.56 Å². The first kappa shape index (κ1) is 13.4. The average Bonchev–Trinajstić information content (AvgIpc) is 2.53. The highest BCUT2D eigenvalue weighted by atomic mass is 16.1. The zero-order chi connectivity index (χ0) is 14.8. The number of pyridine rings is 1. The van der Waals surface area contributed by atoms with Crippen LogP contribution in [0.4, 0.5) is 5.82 Å². The second-order valence-electron chi connectivity index (χ2n) is 5.32. The quantitative estimate of drug-likeness (QED) is 0.909. The number of fused-ring (bicyclic) bond motifs is 1. The van der Waals surface area contributed by atoms with Crippen molar-refractivity contribution in [2.45, 2.75) is 12.8 Å². The van der Waals surface area contributed by atoms with Crippen LogP contribution in [0, 0.1) is 17.2 Å². The molecule has 0 spiro atoms. The lowest BCUT2D eigenvalue weighted by atomic mass is 9.96. The molecule has 3 rings (SSSR count). The lowest BCUT2D eigenvalue weighted by Gasteiger charge is -2.31. The molecule has 2 heterocycles. The maximum Gasteiger partial charge on any atom is 0.220 e. The highest BCUT2D eigenvalue weighted by molar-refractivity contribution is 5.86. The standard InChI is InChI=1S/C16H16N4O/c17-10-12-9-15(19-14-4-2-1-3-13(12)14)20-7-5-11(6-8-20)16(18)21/h1-4,9,11H,5-8H2,(H2,18,21). The van der Waals surface area contributed by atoms with Crippen LogP contribution in [0.1, 0.15) is 18.4 Å². The van der Waals surface area contributed by atoms with Gasteiger partial charge >= 0.3 is 0 Å². The van der Waals surface area contributed by atoms with Crippen LogP contribution in [0.5, 0.6) is 0 Å². The largest absolute Gasteiger partial charge is 0.369 e. The molecule has 1 amide bonds. The van der Waals surface area contributed by atoms with E-state index in [9.17, 15) is 10.1 Å². The molecule has 0 unspecified atom stereocenters. The Hall–Kier alpha value is -2.61. The molecule has 1 aliphatic heterocycles. The molecule has 5 nitrogen and oxygen atoms in total. The summed E-state index contributed by atoms with van der Waals surface area (Å²) in [4.78, 5) is 18.0. The van der Waals surface area contributed by atoms with Crippen molar-refractivity contribution in [3.05, 3.63) is 35.9 Å². The maximum absolute atomic E-state index is 11.2. The summed E-state index contributed by atoms with van der Waals surface area (Å²) in [5.74, 6) is 0.532. The maximum atomic E-state index is 11.2. The number of carbonyl (C=O) groups excluding carboxylic acids is 1. The number of nitrogens with two attached hydrogens (primary N) is 1. The molecule has 2 N–H and O–H groups in total. The number of anilines is 1. The molecule has 0 aliphatic carbocycles. The van der Waals surface area contributed by atoms with Crippen molar-refractivity contribution in [3.8, 4) is 6.07 Å². The number of nitrogens with zero attached hydrogens (tertiary/aromatic N) is 3. The van der Waals surface area contributed by atoms with E-state index in [4.69, 9.17) is 5.73 Å². The fourth-order valence-corrected chi connectivity index (χ4v) is 2.81. The van der Waals surface area contributed by atoms with Crippen molar-refractivity contribution in [2.24, 2.45) is 11.7 Å². The predicted molar refractivity (Wildman–Crippen MR) is 80.6 cm³/mol. The summed E-state index contributed by atoms with van der Waals surface area (Å²) in [6.07, 6.45) is 1.48. The first-order chi connectivity index (χ1) is 10.2. The highest BCUT2D eigenvalue weighted by Gasteiger charge is 2.24. The van der Waals surface area contributed by atoms with Gasteiger partial charge in [0.05, 0.1) is 17.1 Å². The summed E-state index contributed by atoms with van der Waals surface area (Å²) in [5.41, 5.74) is 6.81. The van der Waals surface area contributed by atoms with Crippen molar-refractivity contribution in [1.82, 2.24) is 4.98 Å². The number of piperidine rings is 1. The molecule has 1 aliphatic rings. The Morgan fingerprint density at radius 1 is 1.33 bits per heavy atom. The molecule has 0 radical (unpaired) electrons. The van der Waals surface area contributed by atoms with Gasteiger partial charge in [-0.2, -0.15) is 5.26 Å². The van der Waals surface area contributed by atoms with Crippen molar-refractivity contribution in [2.75, 3.05) is 18.0 Å². The van der Waals surface area contributed by atoms with Crippen molar-refractivity contribution in [1.29, 1.82) is 5.26 Å². The fourth-order valence-electron chi connectivity index (χ4n) is 2.81. The van der Waals surface area contributed by atoms with Gasteiger partial charge in [-0.1, -0.05) is 18.2 Å². The normalized spacial score (nSPS) is 15.9. The molecule has 1 fully saturated rings. The van der Waals surface area contributed by atoms with Crippen LogP contribution in [-0.4, -0.2) is 24.0 Å². The number of hydrogen-bond acceptors (Lipinski definition) is 4. The first-order valence-electron chi connectivity index (χ1n) is 7.03. The smallest absolute Gasteiger partial charge is 0.220 e. The van der Waals surface area contributed by atoms with Crippen LogP contribution in [-0.2, 0) is 4.79 Å². The van der Waals surface area contributed by atoms with Gasteiger partial charge in [0.15, 0.2) is 0 Å². The molecule has 21 heavy (non-hydrogen) atoms. The molecule has 0 atom stereocenters. The number of amides is 1. The summed E-state index contributed by atoms with van der Waals surface area (Å²) in [6.45, 7) is 1.48. The Balaban J connectivity index is 1.92. The van der Waals surface area contributed by atoms with E-state index in [1.807, 2.05) is 30.3 Å². The zero-order valence-corrected chi connectivity index (χ0v) is 11.6. The van der Waals surface area contributed by atoms with E-state index in [0.717, 1.165) is 42.7 Å². The van der Waals surface area contributed by atoms with E-state index >= 15 is 0 Å². The van der Waals surface area contributed by atoms with E-state index in [-0.39, 0.29) is 11.8 Å². The minimum atomic E-state index is -0.223. The number of para-hydroxylation sites is 1. The molecule has 106 valence electrons. The molecular weight excluding hydrogens is 264 g/mol. The molecule has 2 aromatic rings. The first-order valence-corrected chi connectivity index (χ1v) is 7.03. The number of hydrogen-bond donors (Lipinski definition) is 1. The van der Waals surface area contributed by atoms with E-state index in [1.165, 1.54) is 0 Å². The van der Waals surface area contributed by atoms with Crippen molar-refractivity contribution in [3.63, 3.8) is 0 Å². The number of nitriles is 1. The van der Waals surface area contributed by atoms with E-state index < -0.39 is 0 Å². The Bertz CT molecular complexity index is 727. The topological polar surface area (TPSA) is 83.0 Å². The van der Waals surface area contributed by atoms with Gasteiger partial charge in [-0.25, -0.2) is 4.98 Å². The van der Waals surface area contributed by atoms with Gasteiger partial charge in [-0.3, -0.25) is 4.79 Å². The van der Waals surface area contributed by atoms with Crippen LogP contribution in [0.3, 0.4) is 0 Å². The van der Waals surface area contributed by atoms with Crippen molar-refractivity contribution < 1.29 is 4.79 Å². The minimum Gasteiger partial charge on any atom is -0.369 e. The Morgan fingerprint density at radius 2 is 2.05 bits per heavy atom. The van der Waals surface area contributed by atoms with Gasteiger partial charge in [0.1, 0.15) is 5.82 Å². The second kappa shape index (κ2) is 5.41. The molecule has 1 saturated heterocycles. The predicted octanol–water partition coefficient (Wildman–Crippen LogP) is 1.81. The Kier molecular flexibility index (Phi) is 3.44. The summed E-state index contributed by atoms with van der Waals surface area (Å²) in [5, 5.41) is 10.2. The van der Waals surface area contributed by atoms with Gasteiger partial charge in [-0.05, 0) is 25.0 Å². The van der Waals surface area contributed by atoms with Gasteiger partial charge in [0.25, 0.3) is 0 Å². The number of rotatable bonds is 2. The Labute approximate surface area is 123 Å². The third-order valence-electron chi connectivity index (χ3n) is 4.04. The van der Waals surface area contributed by atoms with Gasteiger partial charge in [0.2, 0.25) is 5.91 Å². The second-order valence-corrected chi connectivity index (χ2v) is 5.32. The number of benzene rings is 1. The third-order valence-corrected chi connectivity index (χ3v) is 4.04.